The molecule has 1 aromatic carbocycles. The zero-order valence-corrected chi connectivity index (χ0v) is 18.8. The van der Waals surface area contributed by atoms with E-state index in [1.165, 1.54) is 4.31 Å². The number of rotatable bonds is 11. The minimum atomic E-state index is -3.46. The minimum Gasteiger partial charge on any atom is -0.305 e. The van der Waals surface area contributed by atoms with Gasteiger partial charge in [-0.15, -0.1) is 0 Å². The molecule has 0 bridgehead atoms. The van der Waals surface area contributed by atoms with Crippen LogP contribution >= 0.6 is 23.2 Å². The lowest BCUT2D eigenvalue weighted by Crippen LogP contribution is -2.46. The van der Waals surface area contributed by atoms with Crippen molar-refractivity contribution < 1.29 is 8.42 Å². The molecule has 8 heteroatoms. The zero-order chi connectivity index (χ0) is 20.6. The summed E-state index contributed by atoms with van der Waals surface area (Å²) < 4.78 is 27.5. The van der Waals surface area contributed by atoms with Crippen LogP contribution in [0.1, 0.15) is 38.7 Å². The minimum absolute atomic E-state index is 0.0360. The number of unbranched alkanes of at least 4 members (excludes halogenated alkanes) is 2. The highest BCUT2D eigenvalue weighted by Crippen LogP contribution is 2.24. The van der Waals surface area contributed by atoms with Crippen LogP contribution in [0, 0.1) is 17.2 Å². The molecule has 0 aliphatic rings. The van der Waals surface area contributed by atoms with Gasteiger partial charge in [0.1, 0.15) is 0 Å². The summed E-state index contributed by atoms with van der Waals surface area (Å²) in [5.41, 5.74) is 0.797. The lowest BCUT2D eigenvalue weighted by Gasteiger charge is -2.33. The van der Waals surface area contributed by atoms with E-state index in [9.17, 15) is 8.42 Å². The molecule has 0 N–H and O–H groups in total. The van der Waals surface area contributed by atoms with Crippen molar-refractivity contribution in [3.8, 4) is 6.07 Å². The number of nitrogens with zero attached hydrogens (tertiary/aromatic N) is 3. The van der Waals surface area contributed by atoms with Crippen LogP contribution in [0.4, 0.5) is 0 Å². The Balaban J connectivity index is 3.06. The summed E-state index contributed by atoms with van der Waals surface area (Å²) in [7, 11) is 0.455. The molecule has 0 saturated carbocycles. The first-order valence-corrected chi connectivity index (χ1v) is 11.4. The first-order chi connectivity index (χ1) is 12.6. The Morgan fingerprint density at radius 2 is 1.81 bits per heavy atom. The van der Waals surface area contributed by atoms with Gasteiger partial charge in [0.05, 0.1) is 21.9 Å². The maximum atomic E-state index is 13.0. The van der Waals surface area contributed by atoms with E-state index < -0.39 is 10.0 Å². The van der Waals surface area contributed by atoms with E-state index in [4.69, 9.17) is 28.5 Å². The number of benzene rings is 1. The van der Waals surface area contributed by atoms with Gasteiger partial charge in [-0.05, 0) is 50.6 Å². The zero-order valence-electron chi connectivity index (χ0n) is 16.5. The van der Waals surface area contributed by atoms with Gasteiger partial charge < -0.3 is 4.90 Å². The molecule has 0 aliphatic heterocycles. The van der Waals surface area contributed by atoms with Crippen molar-refractivity contribution in [1.82, 2.24) is 9.21 Å². The predicted octanol–water partition coefficient (Wildman–Crippen LogP) is 4.41. The molecule has 0 fully saturated rings. The molecular weight excluding hydrogens is 405 g/mol. The lowest BCUT2D eigenvalue weighted by atomic mass is 10.0. The second kappa shape index (κ2) is 11.2. The molecule has 1 atom stereocenters. The first kappa shape index (κ1) is 24.2. The maximum absolute atomic E-state index is 13.0. The summed E-state index contributed by atoms with van der Waals surface area (Å²) in [6.45, 7) is 4.81. The Labute approximate surface area is 173 Å². The fourth-order valence-corrected chi connectivity index (χ4v) is 4.79. The van der Waals surface area contributed by atoms with Crippen LogP contribution in [0.15, 0.2) is 18.2 Å². The van der Waals surface area contributed by atoms with Crippen molar-refractivity contribution in [2.75, 3.05) is 26.4 Å². The Bertz CT molecular complexity index is 738. The van der Waals surface area contributed by atoms with Crippen LogP contribution in [-0.2, 0) is 16.6 Å². The fraction of sp³-hybridized carbons (Fsp3) is 0.632. The van der Waals surface area contributed by atoms with Crippen LogP contribution in [0.25, 0.3) is 0 Å². The average Bonchev–Trinajstić information content (AvgIpc) is 2.57. The highest BCUT2D eigenvalue weighted by molar-refractivity contribution is 7.89. The highest BCUT2D eigenvalue weighted by atomic mass is 35.5. The van der Waals surface area contributed by atoms with E-state index in [1.54, 1.807) is 18.2 Å². The van der Waals surface area contributed by atoms with Gasteiger partial charge in [0.15, 0.2) is 0 Å². The summed E-state index contributed by atoms with van der Waals surface area (Å²) >= 11 is 12.1. The smallest absolute Gasteiger partial charge is 0.214 e. The number of sulfonamides is 1. The summed E-state index contributed by atoms with van der Waals surface area (Å²) in [5, 5.41) is 9.51. The van der Waals surface area contributed by atoms with E-state index in [2.05, 4.69) is 24.8 Å². The molecule has 1 aromatic rings. The van der Waals surface area contributed by atoms with Crippen molar-refractivity contribution in [1.29, 1.82) is 5.26 Å². The van der Waals surface area contributed by atoms with E-state index in [-0.39, 0.29) is 18.3 Å². The monoisotopic (exact) mass is 433 g/mol. The molecule has 0 radical (unpaired) electrons. The van der Waals surface area contributed by atoms with Crippen LogP contribution in [0.3, 0.4) is 0 Å². The van der Waals surface area contributed by atoms with Gasteiger partial charge >= 0.3 is 0 Å². The number of halogens is 2. The quantitative estimate of drug-likeness (QED) is 0.484. The average molecular weight is 434 g/mol. The number of hydrogen-bond donors (Lipinski definition) is 0. The lowest BCUT2D eigenvalue weighted by molar-refractivity contribution is 0.190. The van der Waals surface area contributed by atoms with Gasteiger partial charge in [0, 0.05) is 25.6 Å². The molecule has 0 saturated heterocycles. The molecule has 0 heterocycles. The second-order valence-corrected chi connectivity index (χ2v) is 10.2. The predicted molar refractivity (Wildman–Crippen MR) is 112 cm³/mol. The number of nitriles is 1. The third-order valence-corrected chi connectivity index (χ3v) is 7.11. The maximum Gasteiger partial charge on any atom is 0.214 e. The largest absolute Gasteiger partial charge is 0.305 e. The van der Waals surface area contributed by atoms with Crippen molar-refractivity contribution in [3.63, 3.8) is 0 Å². The Morgan fingerprint density at radius 1 is 1.15 bits per heavy atom. The van der Waals surface area contributed by atoms with Gasteiger partial charge in [-0.2, -0.15) is 9.57 Å². The molecular formula is C19H29Cl2N3O2S. The molecule has 0 aliphatic carbocycles. The molecule has 0 aromatic heterocycles. The van der Waals surface area contributed by atoms with Gasteiger partial charge in [-0.3, -0.25) is 0 Å². The Morgan fingerprint density at radius 3 is 2.33 bits per heavy atom. The first-order valence-electron chi connectivity index (χ1n) is 9.03. The van der Waals surface area contributed by atoms with Crippen molar-refractivity contribution in [3.05, 3.63) is 33.8 Å². The fourth-order valence-electron chi connectivity index (χ4n) is 2.91. The molecule has 1 unspecified atom stereocenters. The Hall–Kier alpha value is -0.840. The van der Waals surface area contributed by atoms with Crippen LogP contribution in [0.5, 0.6) is 0 Å². The summed E-state index contributed by atoms with van der Waals surface area (Å²) in [4.78, 5) is 2.05. The topological polar surface area (TPSA) is 64.4 Å². The van der Waals surface area contributed by atoms with Gasteiger partial charge in [0.25, 0.3) is 0 Å². The van der Waals surface area contributed by atoms with E-state index in [0.29, 0.717) is 41.8 Å². The summed E-state index contributed by atoms with van der Waals surface area (Å²) in [6, 6.07) is 7.33. The van der Waals surface area contributed by atoms with Crippen molar-refractivity contribution >= 4 is 33.2 Å². The third kappa shape index (κ3) is 7.97. The second-order valence-electron chi connectivity index (χ2n) is 7.25. The number of hydrogen-bond acceptors (Lipinski definition) is 4. The van der Waals surface area contributed by atoms with E-state index in [1.807, 2.05) is 14.1 Å². The van der Waals surface area contributed by atoms with Gasteiger partial charge in [-0.1, -0.05) is 43.1 Å². The normalized spacial score (nSPS) is 13.3. The van der Waals surface area contributed by atoms with Crippen LogP contribution in [-0.4, -0.2) is 50.1 Å². The molecule has 1 rings (SSSR count). The van der Waals surface area contributed by atoms with Crippen LogP contribution in [0.2, 0.25) is 10.0 Å². The van der Waals surface area contributed by atoms with Gasteiger partial charge in [-0.25, -0.2) is 8.42 Å². The highest BCUT2D eigenvalue weighted by Gasteiger charge is 2.28. The SMILES string of the molecule is CC(C)C(CN(Cc1ccc(Cl)c(Cl)c1)S(=O)(=O)CCCCC#N)N(C)C. The summed E-state index contributed by atoms with van der Waals surface area (Å²) in [6.07, 6.45) is 1.42. The summed E-state index contributed by atoms with van der Waals surface area (Å²) in [5.74, 6) is 0.332. The standard InChI is InChI=1S/C19H29Cl2N3O2S/c1-15(2)19(23(3)4)14-24(27(25,26)11-7-5-6-10-22)13-16-8-9-17(20)18(21)12-16/h8-9,12,15,19H,5-7,11,13-14H2,1-4H3. The molecule has 5 nitrogen and oxygen atoms in total. The van der Waals surface area contributed by atoms with Crippen molar-refractivity contribution in [2.45, 2.75) is 45.7 Å². The van der Waals surface area contributed by atoms with E-state index in [0.717, 1.165) is 5.56 Å². The van der Waals surface area contributed by atoms with Crippen molar-refractivity contribution in [2.24, 2.45) is 5.92 Å². The van der Waals surface area contributed by atoms with Gasteiger partial charge in [0.2, 0.25) is 10.0 Å². The third-order valence-electron chi connectivity index (χ3n) is 4.50. The molecule has 152 valence electrons. The Kier molecular flexibility index (Phi) is 10.1. The van der Waals surface area contributed by atoms with E-state index >= 15 is 0 Å². The van der Waals surface area contributed by atoms with Crippen LogP contribution < -0.4 is 0 Å². The number of likely N-dealkylation sites (N-methyl/N-ethyl adjacent to an activating group) is 1. The molecule has 0 spiro atoms. The molecule has 0 amide bonds. The molecule has 27 heavy (non-hydrogen) atoms.